The van der Waals surface area contributed by atoms with Crippen LogP contribution in [0, 0.1) is 5.82 Å². The van der Waals surface area contributed by atoms with E-state index in [0.717, 1.165) is 40.3 Å². The normalized spacial score (nSPS) is 14.9. The number of aromatic amines is 1. The van der Waals surface area contributed by atoms with Crippen molar-refractivity contribution < 1.29 is 14.2 Å². The van der Waals surface area contributed by atoms with Gasteiger partial charge in [0.1, 0.15) is 5.82 Å². The fraction of sp³-hybridized carbons (Fsp3) is 0.304. The predicted molar refractivity (Wildman–Crippen MR) is 118 cm³/mol. The molecule has 31 heavy (non-hydrogen) atoms. The van der Waals surface area contributed by atoms with E-state index in [1.807, 2.05) is 24.4 Å². The first-order valence-electron chi connectivity index (χ1n) is 10.3. The number of thioether (sulfide) groups is 1. The van der Waals surface area contributed by atoms with Gasteiger partial charge in [0.05, 0.1) is 19.3 Å². The summed E-state index contributed by atoms with van der Waals surface area (Å²) in [6.07, 6.45) is 3.51. The lowest BCUT2D eigenvalue weighted by Crippen LogP contribution is -2.18. The predicted octanol–water partition coefficient (Wildman–Crippen LogP) is 4.57. The highest BCUT2D eigenvalue weighted by Crippen LogP contribution is 2.42. The van der Waals surface area contributed by atoms with Crippen LogP contribution in [0.5, 0.6) is 0 Å². The van der Waals surface area contributed by atoms with Gasteiger partial charge in [-0.05, 0) is 25.0 Å². The van der Waals surface area contributed by atoms with Crippen molar-refractivity contribution in [3.05, 3.63) is 66.1 Å². The van der Waals surface area contributed by atoms with Gasteiger partial charge in [0.15, 0.2) is 11.0 Å². The van der Waals surface area contributed by atoms with Crippen molar-refractivity contribution in [3.63, 3.8) is 0 Å². The molecular formula is C23H23FN4O2S. The van der Waals surface area contributed by atoms with Crippen LogP contribution < -0.4 is 0 Å². The monoisotopic (exact) mass is 438 g/mol. The number of halogens is 1. The van der Waals surface area contributed by atoms with Crippen LogP contribution in [0.15, 0.2) is 59.9 Å². The minimum absolute atomic E-state index is 0.133. The number of nitrogens with one attached hydrogen (secondary N) is 1. The lowest BCUT2D eigenvalue weighted by molar-refractivity contribution is 0.0386. The zero-order valence-electron chi connectivity index (χ0n) is 16.9. The molecule has 1 aliphatic carbocycles. The maximum atomic E-state index is 13.7. The Balaban J connectivity index is 1.24. The molecule has 1 aliphatic rings. The number of ether oxygens (including phenoxy) is 1. The number of fused-ring (bicyclic) bond motifs is 1. The number of aromatic nitrogens is 4. The smallest absolute Gasteiger partial charge is 0.191 e. The van der Waals surface area contributed by atoms with Crippen molar-refractivity contribution >= 4 is 22.7 Å². The molecule has 0 radical (unpaired) electrons. The van der Waals surface area contributed by atoms with E-state index in [2.05, 4.69) is 25.8 Å². The van der Waals surface area contributed by atoms with Gasteiger partial charge in [-0.3, -0.25) is 4.57 Å². The third kappa shape index (κ3) is 4.37. The van der Waals surface area contributed by atoms with E-state index in [1.54, 1.807) is 18.2 Å². The van der Waals surface area contributed by atoms with Crippen LogP contribution in [0.2, 0.25) is 0 Å². The number of H-pyrrole nitrogens is 1. The van der Waals surface area contributed by atoms with E-state index >= 15 is 0 Å². The van der Waals surface area contributed by atoms with Crippen LogP contribution in [0.1, 0.15) is 24.4 Å². The van der Waals surface area contributed by atoms with Gasteiger partial charge in [0.2, 0.25) is 0 Å². The molecule has 1 saturated carbocycles. The first kappa shape index (κ1) is 20.2. The fourth-order valence-corrected chi connectivity index (χ4v) is 4.53. The summed E-state index contributed by atoms with van der Waals surface area (Å²) in [5.74, 6) is 0.983. The SMILES string of the molecule is OC(COCc1ccccc1F)CSc1nnc(-c2c[nH]c3ccccc23)n1C1CC1. The minimum Gasteiger partial charge on any atom is -0.390 e. The second-order valence-corrected chi connectivity index (χ2v) is 8.71. The van der Waals surface area contributed by atoms with Crippen molar-refractivity contribution in [2.24, 2.45) is 0 Å². The molecule has 0 spiro atoms. The molecule has 160 valence electrons. The first-order valence-corrected chi connectivity index (χ1v) is 11.3. The van der Waals surface area contributed by atoms with Crippen molar-refractivity contribution in [3.8, 4) is 11.4 Å². The van der Waals surface area contributed by atoms with Crippen molar-refractivity contribution in [1.82, 2.24) is 19.7 Å². The second kappa shape index (κ2) is 8.82. The molecule has 0 saturated heterocycles. The molecule has 0 bridgehead atoms. The van der Waals surface area contributed by atoms with E-state index in [1.165, 1.54) is 17.8 Å². The van der Waals surface area contributed by atoms with Gasteiger partial charge < -0.3 is 14.8 Å². The number of aliphatic hydroxyl groups excluding tert-OH is 1. The Bertz CT molecular complexity index is 1190. The van der Waals surface area contributed by atoms with E-state index in [-0.39, 0.29) is 19.0 Å². The van der Waals surface area contributed by atoms with Crippen LogP contribution in [-0.2, 0) is 11.3 Å². The number of nitrogens with zero attached hydrogens (tertiary/aromatic N) is 3. The standard InChI is InChI=1S/C23H23FN4O2S/c24-20-7-3-1-5-15(20)12-30-13-17(29)14-31-23-27-26-22(28(23)16-9-10-16)19-11-25-21-8-4-2-6-18(19)21/h1-8,11,16-17,25,29H,9-10,12-14H2. The molecule has 6 nitrogen and oxygen atoms in total. The van der Waals surface area contributed by atoms with Crippen molar-refractivity contribution in [2.45, 2.75) is 36.8 Å². The summed E-state index contributed by atoms with van der Waals surface area (Å²) in [4.78, 5) is 3.30. The Morgan fingerprint density at radius 2 is 1.97 bits per heavy atom. The molecule has 2 aromatic carbocycles. The molecule has 5 rings (SSSR count). The third-order valence-electron chi connectivity index (χ3n) is 5.34. The number of rotatable bonds is 9. The van der Waals surface area contributed by atoms with Crippen LogP contribution in [-0.4, -0.2) is 43.3 Å². The summed E-state index contributed by atoms with van der Waals surface area (Å²) in [7, 11) is 0. The van der Waals surface area contributed by atoms with Crippen molar-refractivity contribution in [2.75, 3.05) is 12.4 Å². The highest BCUT2D eigenvalue weighted by atomic mass is 32.2. The summed E-state index contributed by atoms with van der Waals surface area (Å²) in [6.45, 7) is 0.269. The largest absolute Gasteiger partial charge is 0.390 e. The Kier molecular flexibility index (Phi) is 5.76. The first-order chi connectivity index (χ1) is 15.2. The average Bonchev–Trinajstić information content (AvgIpc) is 3.39. The Hall–Kier alpha value is -2.68. The number of para-hydroxylation sites is 1. The van der Waals surface area contributed by atoms with Crippen LogP contribution in [0.4, 0.5) is 4.39 Å². The van der Waals surface area contributed by atoms with E-state index in [4.69, 9.17) is 4.74 Å². The Morgan fingerprint density at radius 1 is 1.16 bits per heavy atom. The zero-order chi connectivity index (χ0) is 21.2. The van der Waals surface area contributed by atoms with Crippen LogP contribution in [0.3, 0.4) is 0 Å². The molecule has 0 aliphatic heterocycles. The van der Waals surface area contributed by atoms with Gasteiger partial charge in [0, 0.05) is 40.0 Å². The molecule has 8 heteroatoms. The van der Waals surface area contributed by atoms with E-state index < -0.39 is 6.10 Å². The van der Waals surface area contributed by atoms with E-state index in [9.17, 15) is 9.50 Å². The maximum Gasteiger partial charge on any atom is 0.191 e. The highest BCUT2D eigenvalue weighted by Gasteiger charge is 2.31. The van der Waals surface area contributed by atoms with Gasteiger partial charge >= 0.3 is 0 Å². The molecule has 2 aromatic heterocycles. The topological polar surface area (TPSA) is 76.0 Å². The van der Waals surface area contributed by atoms with Gasteiger partial charge in [-0.25, -0.2) is 4.39 Å². The van der Waals surface area contributed by atoms with E-state index in [0.29, 0.717) is 17.4 Å². The number of hydrogen-bond donors (Lipinski definition) is 2. The maximum absolute atomic E-state index is 13.7. The summed E-state index contributed by atoms with van der Waals surface area (Å²) in [5.41, 5.74) is 2.59. The third-order valence-corrected chi connectivity index (χ3v) is 6.43. The lowest BCUT2D eigenvalue weighted by Gasteiger charge is -2.12. The Morgan fingerprint density at radius 3 is 2.81 bits per heavy atom. The van der Waals surface area contributed by atoms with Gasteiger partial charge in [0.25, 0.3) is 0 Å². The van der Waals surface area contributed by atoms with Gasteiger partial charge in [-0.2, -0.15) is 0 Å². The molecule has 1 atom stereocenters. The molecule has 1 unspecified atom stereocenters. The summed E-state index contributed by atoms with van der Waals surface area (Å²) < 4.78 is 21.3. The molecule has 1 fully saturated rings. The van der Waals surface area contributed by atoms with Crippen LogP contribution in [0.25, 0.3) is 22.3 Å². The average molecular weight is 439 g/mol. The second-order valence-electron chi connectivity index (χ2n) is 7.73. The summed E-state index contributed by atoms with van der Waals surface area (Å²) in [6, 6.07) is 15.0. The molecule has 0 amide bonds. The number of aliphatic hydroxyl groups is 1. The molecule has 2 heterocycles. The van der Waals surface area contributed by atoms with Crippen molar-refractivity contribution in [1.29, 1.82) is 0 Å². The molecule has 4 aromatic rings. The van der Waals surface area contributed by atoms with Gasteiger partial charge in [-0.15, -0.1) is 10.2 Å². The number of hydrogen-bond acceptors (Lipinski definition) is 5. The summed E-state index contributed by atoms with van der Waals surface area (Å²) in [5, 5.41) is 21.1. The lowest BCUT2D eigenvalue weighted by atomic mass is 10.1. The highest BCUT2D eigenvalue weighted by molar-refractivity contribution is 7.99. The molecule has 2 N–H and O–H groups in total. The summed E-state index contributed by atoms with van der Waals surface area (Å²) >= 11 is 1.47. The quantitative estimate of drug-likeness (QED) is 0.375. The fourth-order valence-electron chi connectivity index (χ4n) is 3.62. The Labute approximate surface area is 183 Å². The number of benzene rings is 2. The van der Waals surface area contributed by atoms with Crippen LogP contribution >= 0.6 is 11.8 Å². The molecular weight excluding hydrogens is 415 g/mol. The van der Waals surface area contributed by atoms with Gasteiger partial charge in [-0.1, -0.05) is 48.2 Å². The zero-order valence-corrected chi connectivity index (χ0v) is 17.7. The minimum atomic E-state index is -0.683.